The van der Waals surface area contributed by atoms with Crippen molar-refractivity contribution < 1.29 is 25.9 Å². The molecule has 5 nitrogen and oxygen atoms in total. The molecule has 2 aromatic carbocycles. The topological polar surface area (TPSA) is 76.1 Å². The molecular formula is C27H39N3O2W. The standard InChI is InChI=1S/C20H18N3O2.C3H8.C2H6.CH4.CH3.W/c1-20(2)11-22-17-9-12(7-8-15(17)20)23-19(25)14-10-21-16-6-4-3-5-13(16)18(14)24;1-3-2;1-2;;;/h3-10H,11H2,1-2H3,(H2,21,23,24,25);3H2,1-2H3;1-2H3;1H4;1H3;/q-1;;;;-1;+2. The fourth-order valence-electron chi connectivity index (χ4n) is 3.22. The number of hydrogen-bond acceptors (Lipinski definition) is 2. The van der Waals surface area contributed by atoms with Crippen LogP contribution in [0.4, 0.5) is 11.4 Å². The number of aromatic amines is 1. The van der Waals surface area contributed by atoms with Gasteiger partial charge in [0.15, 0.2) is 0 Å². The van der Waals surface area contributed by atoms with Gasteiger partial charge in [0.25, 0.3) is 5.91 Å². The first kappa shape index (κ1) is 32.8. The molecule has 180 valence electrons. The van der Waals surface area contributed by atoms with Crippen molar-refractivity contribution >= 4 is 28.2 Å². The molecule has 0 fully saturated rings. The number of aromatic nitrogens is 1. The maximum Gasteiger partial charge on any atom is 2.00 e. The molecule has 1 aliphatic heterocycles. The monoisotopic (exact) mass is 621 g/mol. The van der Waals surface area contributed by atoms with Crippen molar-refractivity contribution in [1.82, 2.24) is 4.98 Å². The molecule has 4 rings (SSSR count). The number of pyridine rings is 1. The number of rotatable bonds is 2. The number of nitrogens with one attached hydrogen (secondary N) is 2. The minimum Gasteiger partial charge on any atom is -0.683 e. The summed E-state index contributed by atoms with van der Waals surface area (Å²) in [6.45, 7) is 13.3. The Kier molecular flexibility index (Phi) is 14.6. The summed E-state index contributed by atoms with van der Waals surface area (Å²) in [6.07, 6.45) is 2.71. The van der Waals surface area contributed by atoms with Crippen LogP contribution in [0.2, 0.25) is 0 Å². The molecule has 0 spiro atoms. The zero-order valence-corrected chi connectivity index (χ0v) is 23.1. The van der Waals surface area contributed by atoms with E-state index in [1.807, 2.05) is 44.2 Å². The Morgan fingerprint density at radius 1 is 1.12 bits per heavy atom. The summed E-state index contributed by atoms with van der Waals surface area (Å²) < 4.78 is 0. The van der Waals surface area contributed by atoms with Gasteiger partial charge in [-0.2, -0.15) is 0 Å². The van der Waals surface area contributed by atoms with E-state index in [-0.39, 0.29) is 52.3 Å². The minimum absolute atomic E-state index is 0. The van der Waals surface area contributed by atoms with Crippen molar-refractivity contribution in [2.75, 3.05) is 11.9 Å². The summed E-state index contributed by atoms with van der Waals surface area (Å²) >= 11 is 0. The number of benzene rings is 2. The molecule has 0 unspecified atom stereocenters. The summed E-state index contributed by atoms with van der Waals surface area (Å²) in [4.78, 5) is 28.1. The third-order valence-electron chi connectivity index (χ3n) is 4.66. The smallest absolute Gasteiger partial charge is 0.683 e. The molecule has 1 amide bonds. The fraction of sp³-hybridized carbons (Fsp3) is 0.370. The van der Waals surface area contributed by atoms with Crippen molar-refractivity contribution in [3.63, 3.8) is 0 Å². The number of anilines is 1. The molecule has 0 bridgehead atoms. The second-order valence-corrected chi connectivity index (χ2v) is 7.67. The van der Waals surface area contributed by atoms with Gasteiger partial charge in [-0.1, -0.05) is 85.2 Å². The number of amides is 1. The molecule has 6 heteroatoms. The fourth-order valence-corrected chi connectivity index (χ4v) is 3.22. The number of nitrogens with zero attached hydrogens (tertiary/aromatic N) is 1. The first-order chi connectivity index (χ1) is 14.4. The predicted molar refractivity (Wildman–Crippen MR) is 140 cm³/mol. The van der Waals surface area contributed by atoms with E-state index in [1.54, 1.807) is 12.1 Å². The van der Waals surface area contributed by atoms with Crippen LogP contribution in [-0.2, 0) is 26.5 Å². The van der Waals surface area contributed by atoms with E-state index in [9.17, 15) is 9.59 Å². The van der Waals surface area contributed by atoms with E-state index in [0.29, 0.717) is 16.6 Å². The molecule has 2 N–H and O–H groups in total. The number of para-hydroxylation sites is 1. The van der Waals surface area contributed by atoms with Crippen LogP contribution in [0.25, 0.3) is 16.2 Å². The van der Waals surface area contributed by atoms with Crippen molar-refractivity contribution in [2.45, 2.75) is 60.8 Å². The van der Waals surface area contributed by atoms with Gasteiger partial charge in [0, 0.05) is 22.8 Å². The summed E-state index contributed by atoms with van der Waals surface area (Å²) in [7, 11) is 0. The molecular weight excluding hydrogens is 582 g/mol. The molecule has 33 heavy (non-hydrogen) atoms. The van der Waals surface area contributed by atoms with Gasteiger partial charge in [-0.05, 0) is 23.6 Å². The predicted octanol–water partition coefficient (Wildman–Crippen LogP) is 7.60. The van der Waals surface area contributed by atoms with Gasteiger partial charge in [-0.3, -0.25) is 9.59 Å². The van der Waals surface area contributed by atoms with Gasteiger partial charge in [-0.15, -0.1) is 12.2 Å². The average molecular weight is 621 g/mol. The molecule has 0 saturated heterocycles. The Balaban J connectivity index is 0. The van der Waals surface area contributed by atoms with Gasteiger partial charge in [0.2, 0.25) is 5.43 Å². The number of carbonyl (C=O) groups excluding carboxylic acids is 1. The van der Waals surface area contributed by atoms with E-state index in [2.05, 4.69) is 43.3 Å². The van der Waals surface area contributed by atoms with Gasteiger partial charge in [-0.25, -0.2) is 0 Å². The molecule has 2 heterocycles. The largest absolute Gasteiger partial charge is 2.00 e. The molecule has 0 radical (unpaired) electrons. The zero-order valence-electron chi connectivity index (χ0n) is 20.2. The first-order valence-corrected chi connectivity index (χ1v) is 10.6. The van der Waals surface area contributed by atoms with Crippen molar-refractivity contribution in [3.8, 4) is 0 Å². The third-order valence-corrected chi connectivity index (χ3v) is 4.66. The van der Waals surface area contributed by atoms with Crippen LogP contribution < -0.4 is 10.7 Å². The molecule has 1 aliphatic rings. The average Bonchev–Trinajstić information content (AvgIpc) is 3.04. The number of carbonyl (C=O) groups is 1. The maximum atomic E-state index is 12.5. The first-order valence-electron chi connectivity index (χ1n) is 10.6. The van der Waals surface area contributed by atoms with Crippen molar-refractivity contribution in [1.29, 1.82) is 0 Å². The second kappa shape index (κ2) is 14.7. The Hall–Kier alpha value is -2.39. The van der Waals surface area contributed by atoms with Crippen LogP contribution in [0.5, 0.6) is 0 Å². The quantitative estimate of drug-likeness (QED) is 0.289. The van der Waals surface area contributed by atoms with E-state index in [0.717, 1.165) is 12.2 Å². The van der Waals surface area contributed by atoms with Crippen LogP contribution in [0, 0.1) is 7.43 Å². The van der Waals surface area contributed by atoms with Gasteiger partial charge in [0.05, 0.1) is 0 Å². The summed E-state index contributed by atoms with van der Waals surface area (Å²) in [6, 6.07) is 12.8. The van der Waals surface area contributed by atoms with Gasteiger partial charge in [0.1, 0.15) is 5.56 Å². The zero-order chi connectivity index (χ0) is 22.3. The number of fused-ring (bicyclic) bond motifs is 2. The Bertz CT molecular complexity index is 1070. The van der Waals surface area contributed by atoms with Crippen LogP contribution in [0.15, 0.2) is 53.5 Å². The van der Waals surface area contributed by atoms with Crippen LogP contribution in [-0.4, -0.2) is 17.4 Å². The Morgan fingerprint density at radius 2 is 1.73 bits per heavy atom. The third kappa shape index (κ3) is 7.57. The van der Waals surface area contributed by atoms with E-state index < -0.39 is 5.91 Å². The normalized spacial score (nSPS) is 11.9. The maximum absolute atomic E-state index is 12.5. The van der Waals surface area contributed by atoms with Crippen molar-refractivity contribution in [2.24, 2.45) is 0 Å². The molecule has 0 atom stereocenters. The second-order valence-electron chi connectivity index (χ2n) is 7.67. The Morgan fingerprint density at radius 3 is 2.36 bits per heavy atom. The Labute approximate surface area is 214 Å². The van der Waals surface area contributed by atoms with Gasteiger partial charge >= 0.3 is 21.1 Å². The van der Waals surface area contributed by atoms with Gasteiger partial charge < -0.3 is 23.0 Å². The molecule has 0 saturated carbocycles. The van der Waals surface area contributed by atoms with Crippen LogP contribution >= 0.6 is 0 Å². The van der Waals surface area contributed by atoms with Crippen LogP contribution in [0.1, 0.15) is 71.3 Å². The summed E-state index contributed by atoms with van der Waals surface area (Å²) in [5, 5.41) is 7.83. The van der Waals surface area contributed by atoms with Crippen molar-refractivity contribution in [3.05, 3.63) is 82.8 Å². The minimum atomic E-state index is -0.427. The summed E-state index contributed by atoms with van der Waals surface area (Å²) in [5.74, 6) is -0.427. The molecule has 1 aromatic heterocycles. The van der Waals surface area contributed by atoms with E-state index in [1.165, 1.54) is 18.2 Å². The molecule has 3 aromatic rings. The van der Waals surface area contributed by atoms with E-state index >= 15 is 0 Å². The SMILES string of the molecule is C.CC.CC1(C)C[N-]c2cc(NC(=O)c3c[nH]c4ccccc4c3=O)ccc21.CCC.[CH3-].[W+2]. The van der Waals surface area contributed by atoms with E-state index in [4.69, 9.17) is 0 Å². The van der Waals surface area contributed by atoms with Crippen LogP contribution in [0.3, 0.4) is 0 Å². The summed E-state index contributed by atoms with van der Waals surface area (Å²) in [5.41, 5.74) is 3.26. The molecule has 0 aliphatic carbocycles. The number of H-pyrrole nitrogens is 1. The number of hydrogen-bond donors (Lipinski definition) is 2.